The Bertz CT molecular complexity index is 1070. The minimum absolute atomic E-state index is 0.128. The van der Waals surface area contributed by atoms with Crippen LogP contribution in [0.3, 0.4) is 0 Å². The van der Waals surface area contributed by atoms with Gasteiger partial charge < -0.3 is 21.1 Å². The normalized spacial score (nSPS) is 15.2. The van der Waals surface area contributed by atoms with E-state index < -0.39 is 11.7 Å². The van der Waals surface area contributed by atoms with E-state index in [1.807, 2.05) is 0 Å². The number of ether oxygens (including phenoxy) is 1. The smallest absolute Gasteiger partial charge is 0.396 e. The molecule has 1 saturated heterocycles. The van der Waals surface area contributed by atoms with Gasteiger partial charge in [0.25, 0.3) is 0 Å². The molecule has 0 aliphatic carbocycles. The molecule has 0 atom stereocenters. The van der Waals surface area contributed by atoms with E-state index in [0.717, 1.165) is 6.07 Å². The predicted octanol–water partition coefficient (Wildman–Crippen LogP) is 2.52. The van der Waals surface area contributed by atoms with E-state index in [-0.39, 0.29) is 18.5 Å². The second-order valence-corrected chi connectivity index (χ2v) is 7.27. The van der Waals surface area contributed by atoms with Gasteiger partial charge in [-0.25, -0.2) is 9.50 Å². The van der Waals surface area contributed by atoms with Gasteiger partial charge in [-0.05, 0) is 24.1 Å². The van der Waals surface area contributed by atoms with Crippen LogP contribution in [0.4, 0.5) is 24.7 Å². The lowest BCUT2D eigenvalue weighted by Gasteiger charge is -2.27. The van der Waals surface area contributed by atoms with E-state index in [1.165, 1.54) is 13.0 Å². The second-order valence-electron chi connectivity index (χ2n) is 7.27. The van der Waals surface area contributed by atoms with Gasteiger partial charge in [0.1, 0.15) is 0 Å². The standard InChI is InChI=1S/C20H23F3N6O/c1-12-13(3-2-4-14(12)20(21,22)23)9-17-16(11-24)26-19-15(25)10-18(27-29(17)19)28-5-7-30-8-6-28/h2-4,10H,5-9,11,24-25H2,1H3. The summed E-state index contributed by atoms with van der Waals surface area (Å²) in [5.74, 6) is 0.672. The van der Waals surface area contributed by atoms with Crippen LogP contribution >= 0.6 is 0 Å². The number of anilines is 2. The number of alkyl halides is 3. The van der Waals surface area contributed by atoms with Crippen LogP contribution in [0.1, 0.15) is 28.1 Å². The highest BCUT2D eigenvalue weighted by atomic mass is 19.4. The molecular formula is C20H23F3N6O. The number of imidazole rings is 1. The van der Waals surface area contributed by atoms with E-state index in [1.54, 1.807) is 16.6 Å². The lowest BCUT2D eigenvalue weighted by molar-refractivity contribution is -0.138. The van der Waals surface area contributed by atoms with Crippen molar-refractivity contribution in [1.29, 1.82) is 0 Å². The van der Waals surface area contributed by atoms with Crippen molar-refractivity contribution in [2.24, 2.45) is 5.73 Å². The van der Waals surface area contributed by atoms with Crippen LogP contribution in [0.2, 0.25) is 0 Å². The number of rotatable bonds is 4. The van der Waals surface area contributed by atoms with Gasteiger partial charge in [-0.15, -0.1) is 5.10 Å². The molecule has 7 nitrogen and oxygen atoms in total. The molecule has 2 aromatic heterocycles. The first-order valence-electron chi connectivity index (χ1n) is 9.65. The topological polar surface area (TPSA) is 94.7 Å². The van der Waals surface area contributed by atoms with E-state index in [2.05, 4.69) is 9.88 Å². The molecule has 0 spiro atoms. The van der Waals surface area contributed by atoms with Crippen molar-refractivity contribution in [3.05, 3.63) is 52.3 Å². The highest BCUT2D eigenvalue weighted by molar-refractivity contribution is 5.69. The number of nitrogens with zero attached hydrogens (tertiary/aromatic N) is 4. The van der Waals surface area contributed by atoms with E-state index in [9.17, 15) is 13.2 Å². The van der Waals surface area contributed by atoms with Crippen LogP contribution in [-0.2, 0) is 23.9 Å². The fourth-order valence-corrected chi connectivity index (χ4v) is 3.77. The van der Waals surface area contributed by atoms with Crippen molar-refractivity contribution >= 4 is 17.2 Å². The minimum Gasteiger partial charge on any atom is -0.396 e. The maximum absolute atomic E-state index is 13.3. The Hall–Kier alpha value is -2.85. The van der Waals surface area contributed by atoms with Crippen LogP contribution in [0.5, 0.6) is 0 Å². The maximum Gasteiger partial charge on any atom is 0.416 e. The largest absolute Gasteiger partial charge is 0.416 e. The SMILES string of the molecule is Cc1c(Cc2c(CN)nc3c(N)cc(N4CCOCC4)nn23)cccc1C(F)(F)F. The number of benzene rings is 1. The number of hydrogen-bond acceptors (Lipinski definition) is 6. The summed E-state index contributed by atoms with van der Waals surface area (Å²) in [7, 11) is 0. The summed E-state index contributed by atoms with van der Waals surface area (Å²) in [6.45, 7) is 4.15. The average molecular weight is 420 g/mol. The van der Waals surface area contributed by atoms with Gasteiger partial charge >= 0.3 is 6.18 Å². The van der Waals surface area contributed by atoms with Crippen molar-refractivity contribution in [1.82, 2.24) is 14.6 Å². The third-order valence-electron chi connectivity index (χ3n) is 5.41. The number of halogens is 3. The number of morpholine rings is 1. The van der Waals surface area contributed by atoms with Gasteiger partial charge in [-0.2, -0.15) is 13.2 Å². The van der Waals surface area contributed by atoms with Gasteiger partial charge in [0.05, 0.1) is 35.9 Å². The Morgan fingerprint density at radius 1 is 1.20 bits per heavy atom. The van der Waals surface area contributed by atoms with Crippen molar-refractivity contribution in [2.45, 2.75) is 26.1 Å². The lowest BCUT2D eigenvalue weighted by atomic mass is 9.98. The van der Waals surface area contributed by atoms with Crippen molar-refractivity contribution in [2.75, 3.05) is 36.9 Å². The maximum atomic E-state index is 13.3. The molecule has 4 rings (SSSR count). The van der Waals surface area contributed by atoms with Crippen LogP contribution in [0.25, 0.3) is 5.65 Å². The summed E-state index contributed by atoms with van der Waals surface area (Å²) in [5, 5.41) is 4.69. The number of fused-ring (bicyclic) bond motifs is 1. The molecule has 1 aromatic carbocycles. The molecule has 3 heterocycles. The molecule has 4 N–H and O–H groups in total. The zero-order valence-corrected chi connectivity index (χ0v) is 16.5. The van der Waals surface area contributed by atoms with Gasteiger partial charge in [0, 0.05) is 32.1 Å². The third-order valence-corrected chi connectivity index (χ3v) is 5.41. The Balaban J connectivity index is 1.81. The molecule has 3 aromatic rings. The monoisotopic (exact) mass is 420 g/mol. The van der Waals surface area contributed by atoms with E-state index >= 15 is 0 Å². The molecule has 0 unspecified atom stereocenters. The zero-order chi connectivity index (χ0) is 21.5. The van der Waals surface area contributed by atoms with Gasteiger partial charge in [0.2, 0.25) is 0 Å². The fourth-order valence-electron chi connectivity index (χ4n) is 3.77. The average Bonchev–Trinajstić information content (AvgIpc) is 3.07. The molecule has 160 valence electrons. The Labute approximate surface area is 171 Å². The van der Waals surface area contributed by atoms with Crippen LogP contribution in [0, 0.1) is 6.92 Å². The third kappa shape index (κ3) is 3.68. The summed E-state index contributed by atoms with van der Waals surface area (Å²) in [5.41, 5.74) is 14.3. The Morgan fingerprint density at radius 3 is 2.60 bits per heavy atom. The molecular weight excluding hydrogens is 397 g/mol. The summed E-state index contributed by atoms with van der Waals surface area (Å²) in [4.78, 5) is 6.56. The number of hydrogen-bond donors (Lipinski definition) is 2. The first kappa shape index (κ1) is 20.4. The molecule has 0 radical (unpaired) electrons. The lowest BCUT2D eigenvalue weighted by Crippen LogP contribution is -2.37. The van der Waals surface area contributed by atoms with Crippen LogP contribution < -0.4 is 16.4 Å². The van der Waals surface area contributed by atoms with Crippen molar-refractivity contribution < 1.29 is 17.9 Å². The molecule has 1 aliphatic rings. The molecule has 1 aliphatic heterocycles. The summed E-state index contributed by atoms with van der Waals surface area (Å²) in [6.07, 6.45) is -4.20. The number of nitrogen functional groups attached to an aromatic ring is 1. The van der Waals surface area contributed by atoms with E-state index in [0.29, 0.717) is 60.4 Å². The summed E-state index contributed by atoms with van der Waals surface area (Å²) in [6, 6.07) is 5.94. The molecule has 0 saturated carbocycles. The fraction of sp³-hybridized carbons (Fsp3) is 0.400. The Kier molecular flexibility index (Phi) is 5.29. The van der Waals surface area contributed by atoms with Crippen molar-refractivity contribution in [3.8, 4) is 0 Å². The molecule has 0 amide bonds. The zero-order valence-electron chi connectivity index (χ0n) is 16.5. The van der Waals surface area contributed by atoms with Crippen LogP contribution in [-0.4, -0.2) is 40.9 Å². The highest BCUT2D eigenvalue weighted by Crippen LogP contribution is 2.34. The Morgan fingerprint density at radius 2 is 1.93 bits per heavy atom. The quantitative estimate of drug-likeness (QED) is 0.674. The van der Waals surface area contributed by atoms with Crippen LogP contribution in [0.15, 0.2) is 24.3 Å². The van der Waals surface area contributed by atoms with E-state index in [4.69, 9.17) is 21.3 Å². The predicted molar refractivity (Wildman–Crippen MR) is 107 cm³/mol. The van der Waals surface area contributed by atoms with Gasteiger partial charge in [-0.1, -0.05) is 12.1 Å². The molecule has 10 heteroatoms. The summed E-state index contributed by atoms with van der Waals surface area (Å²) >= 11 is 0. The number of nitrogens with two attached hydrogens (primary N) is 2. The molecule has 30 heavy (non-hydrogen) atoms. The van der Waals surface area contributed by atoms with Crippen molar-refractivity contribution in [3.63, 3.8) is 0 Å². The second kappa shape index (κ2) is 7.77. The highest BCUT2D eigenvalue weighted by Gasteiger charge is 2.33. The molecule has 1 fully saturated rings. The first-order valence-corrected chi connectivity index (χ1v) is 9.65. The number of aromatic nitrogens is 3. The first-order chi connectivity index (χ1) is 14.3. The van der Waals surface area contributed by atoms with Gasteiger partial charge in [0.15, 0.2) is 11.5 Å². The molecule has 0 bridgehead atoms. The summed E-state index contributed by atoms with van der Waals surface area (Å²) < 4.78 is 47.0. The minimum atomic E-state index is -4.41. The van der Waals surface area contributed by atoms with Gasteiger partial charge in [-0.3, -0.25) is 0 Å².